The first-order chi connectivity index (χ1) is 8.13. The zero-order chi connectivity index (χ0) is 12.7. The van der Waals surface area contributed by atoms with Crippen molar-refractivity contribution >= 4 is 18.3 Å². The van der Waals surface area contributed by atoms with Gasteiger partial charge in [0.2, 0.25) is 5.91 Å². The lowest BCUT2D eigenvalue weighted by molar-refractivity contribution is -0.122. The minimum Gasteiger partial charge on any atom is -0.354 e. The molecule has 2 unspecified atom stereocenters. The molecule has 0 radical (unpaired) electrons. The zero-order valence-corrected chi connectivity index (χ0v) is 11.8. The molecule has 0 saturated carbocycles. The van der Waals surface area contributed by atoms with Crippen LogP contribution in [0.1, 0.15) is 26.7 Å². The van der Waals surface area contributed by atoms with Crippen molar-refractivity contribution in [1.29, 1.82) is 0 Å². The molecule has 0 aliphatic carbocycles. The van der Waals surface area contributed by atoms with Crippen LogP contribution in [0.25, 0.3) is 0 Å². The molecule has 3 N–H and O–H groups in total. The van der Waals surface area contributed by atoms with Crippen LogP contribution >= 0.6 is 12.4 Å². The van der Waals surface area contributed by atoms with Crippen molar-refractivity contribution in [3.05, 3.63) is 18.5 Å². The van der Waals surface area contributed by atoms with Gasteiger partial charge < -0.3 is 11.1 Å². The van der Waals surface area contributed by atoms with E-state index in [0.717, 1.165) is 19.4 Å². The molecule has 104 valence electrons. The van der Waals surface area contributed by atoms with Crippen LogP contribution in [0.5, 0.6) is 0 Å². The number of nitrogens with zero attached hydrogens (tertiary/aromatic N) is 2. The number of carbonyl (C=O) groups is 1. The van der Waals surface area contributed by atoms with Gasteiger partial charge in [-0.2, -0.15) is 5.10 Å². The highest BCUT2D eigenvalue weighted by Gasteiger charge is 2.13. The Morgan fingerprint density at radius 3 is 2.83 bits per heavy atom. The molecule has 2 atom stereocenters. The number of hydrogen-bond donors (Lipinski definition) is 2. The van der Waals surface area contributed by atoms with Gasteiger partial charge >= 0.3 is 0 Å². The molecule has 0 saturated heterocycles. The van der Waals surface area contributed by atoms with Crippen molar-refractivity contribution in [3.8, 4) is 0 Å². The van der Waals surface area contributed by atoms with E-state index in [1.165, 1.54) is 0 Å². The van der Waals surface area contributed by atoms with Crippen molar-refractivity contribution in [3.63, 3.8) is 0 Å². The number of rotatable bonds is 7. The normalized spacial score (nSPS) is 13.5. The Hall–Kier alpha value is -1.07. The molecule has 0 bridgehead atoms. The lowest BCUT2D eigenvalue weighted by Gasteiger charge is -2.15. The molecular weight excluding hydrogens is 252 g/mol. The van der Waals surface area contributed by atoms with Crippen LogP contribution in [0.3, 0.4) is 0 Å². The fraction of sp³-hybridized carbons (Fsp3) is 0.667. The van der Waals surface area contributed by atoms with Crippen LogP contribution in [0, 0.1) is 5.92 Å². The molecule has 1 amide bonds. The summed E-state index contributed by atoms with van der Waals surface area (Å²) >= 11 is 0. The maximum Gasteiger partial charge on any atom is 0.236 e. The number of nitrogens with one attached hydrogen (secondary N) is 1. The standard InChI is InChI=1S/C12H22N4O.ClH/c1-3-5-11(13)12(17)14-8-10(2)9-16-7-4-6-15-16;/h4,6-7,10-11H,3,5,8-9,13H2,1-2H3,(H,14,17);1H. The first-order valence-corrected chi connectivity index (χ1v) is 6.14. The fourth-order valence-corrected chi connectivity index (χ4v) is 1.64. The summed E-state index contributed by atoms with van der Waals surface area (Å²) in [5, 5.41) is 7.00. The van der Waals surface area contributed by atoms with Crippen molar-refractivity contribution in [2.45, 2.75) is 39.3 Å². The summed E-state index contributed by atoms with van der Waals surface area (Å²) in [4.78, 5) is 11.6. The highest BCUT2D eigenvalue weighted by atomic mass is 35.5. The van der Waals surface area contributed by atoms with Gasteiger partial charge in [0.15, 0.2) is 0 Å². The summed E-state index contributed by atoms with van der Waals surface area (Å²) in [5.41, 5.74) is 5.72. The molecule has 1 heterocycles. The van der Waals surface area contributed by atoms with Crippen LogP contribution in [0.15, 0.2) is 18.5 Å². The van der Waals surface area contributed by atoms with E-state index < -0.39 is 0 Å². The smallest absolute Gasteiger partial charge is 0.236 e. The molecule has 0 spiro atoms. The SMILES string of the molecule is CCCC(N)C(=O)NCC(C)Cn1cccn1.Cl. The quantitative estimate of drug-likeness (QED) is 0.784. The monoisotopic (exact) mass is 274 g/mol. The molecular formula is C12H23ClN4O. The Labute approximate surface area is 115 Å². The van der Waals surface area contributed by atoms with Crippen molar-refractivity contribution in [2.75, 3.05) is 6.54 Å². The van der Waals surface area contributed by atoms with E-state index in [1.54, 1.807) is 6.20 Å². The number of halogens is 1. The number of nitrogens with two attached hydrogens (primary N) is 1. The van der Waals surface area contributed by atoms with Gasteiger partial charge in [0, 0.05) is 25.5 Å². The molecule has 0 aromatic carbocycles. The Morgan fingerprint density at radius 1 is 1.56 bits per heavy atom. The van der Waals surface area contributed by atoms with E-state index in [9.17, 15) is 4.79 Å². The van der Waals surface area contributed by atoms with E-state index in [0.29, 0.717) is 12.5 Å². The molecule has 6 heteroatoms. The first-order valence-electron chi connectivity index (χ1n) is 6.14. The number of aromatic nitrogens is 2. The molecule has 0 aliphatic rings. The first kappa shape index (κ1) is 16.9. The zero-order valence-electron chi connectivity index (χ0n) is 11.0. The van der Waals surface area contributed by atoms with E-state index in [-0.39, 0.29) is 24.4 Å². The van der Waals surface area contributed by atoms with Crippen molar-refractivity contribution < 1.29 is 4.79 Å². The fourth-order valence-electron chi connectivity index (χ4n) is 1.64. The predicted molar refractivity (Wildman–Crippen MR) is 74.5 cm³/mol. The van der Waals surface area contributed by atoms with E-state index in [2.05, 4.69) is 17.3 Å². The van der Waals surface area contributed by atoms with Crippen LogP contribution in [0.2, 0.25) is 0 Å². The summed E-state index contributed by atoms with van der Waals surface area (Å²) in [6.45, 7) is 5.53. The molecule has 1 aromatic heterocycles. The average Bonchev–Trinajstić information content (AvgIpc) is 2.79. The highest BCUT2D eigenvalue weighted by molar-refractivity contribution is 5.85. The largest absolute Gasteiger partial charge is 0.354 e. The van der Waals surface area contributed by atoms with Gasteiger partial charge in [-0.05, 0) is 18.4 Å². The van der Waals surface area contributed by atoms with Gasteiger partial charge in [0.05, 0.1) is 6.04 Å². The van der Waals surface area contributed by atoms with Gasteiger partial charge in [-0.1, -0.05) is 20.3 Å². The van der Waals surface area contributed by atoms with Crippen LogP contribution in [-0.4, -0.2) is 28.3 Å². The van der Waals surface area contributed by atoms with Gasteiger partial charge in [0.1, 0.15) is 0 Å². The van der Waals surface area contributed by atoms with Crippen LogP contribution in [0.4, 0.5) is 0 Å². The average molecular weight is 275 g/mol. The predicted octanol–water partition coefficient (Wildman–Crippen LogP) is 1.18. The summed E-state index contributed by atoms with van der Waals surface area (Å²) in [7, 11) is 0. The van der Waals surface area contributed by atoms with Crippen molar-refractivity contribution in [1.82, 2.24) is 15.1 Å². The van der Waals surface area contributed by atoms with Crippen LogP contribution < -0.4 is 11.1 Å². The maximum absolute atomic E-state index is 11.6. The molecule has 1 aromatic rings. The third-order valence-electron chi connectivity index (χ3n) is 2.62. The summed E-state index contributed by atoms with van der Waals surface area (Å²) in [5.74, 6) is 0.284. The maximum atomic E-state index is 11.6. The van der Waals surface area contributed by atoms with E-state index in [4.69, 9.17) is 5.73 Å². The molecule has 0 fully saturated rings. The number of carbonyl (C=O) groups excluding carboxylic acids is 1. The minimum atomic E-state index is -0.378. The summed E-state index contributed by atoms with van der Waals surface area (Å²) < 4.78 is 1.86. The number of amides is 1. The Kier molecular flexibility index (Phi) is 8.41. The lowest BCUT2D eigenvalue weighted by atomic mass is 10.1. The Bertz CT molecular complexity index is 329. The van der Waals surface area contributed by atoms with Crippen molar-refractivity contribution in [2.24, 2.45) is 11.7 Å². The van der Waals surface area contributed by atoms with Gasteiger partial charge in [-0.15, -0.1) is 12.4 Å². The molecule has 0 aliphatic heterocycles. The summed E-state index contributed by atoms with van der Waals surface area (Å²) in [6.07, 6.45) is 5.33. The highest BCUT2D eigenvalue weighted by Crippen LogP contribution is 1.99. The lowest BCUT2D eigenvalue weighted by Crippen LogP contribution is -2.42. The topological polar surface area (TPSA) is 72.9 Å². The second-order valence-electron chi connectivity index (χ2n) is 4.47. The molecule has 1 rings (SSSR count). The summed E-state index contributed by atoms with van der Waals surface area (Å²) in [6, 6.07) is 1.51. The van der Waals surface area contributed by atoms with Gasteiger partial charge in [-0.25, -0.2) is 0 Å². The van der Waals surface area contributed by atoms with Gasteiger partial charge in [0.25, 0.3) is 0 Å². The Balaban J connectivity index is 0.00000289. The van der Waals surface area contributed by atoms with Gasteiger partial charge in [-0.3, -0.25) is 9.48 Å². The second kappa shape index (κ2) is 8.94. The number of hydrogen-bond acceptors (Lipinski definition) is 3. The second-order valence-corrected chi connectivity index (χ2v) is 4.47. The minimum absolute atomic E-state index is 0. The van der Waals surface area contributed by atoms with Crippen LogP contribution in [-0.2, 0) is 11.3 Å². The Morgan fingerprint density at radius 2 is 2.28 bits per heavy atom. The third-order valence-corrected chi connectivity index (χ3v) is 2.62. The molecule has 5 nitrogen and oxygen atoms in total. The van der Waals surface area contributed by atoms with E-state index >= 15 is 0 Å². The molecule has 18 heavy (non-hydrogen) atoms. The third kappa shape index (κ3) is 6.02. The van der Waals surface area contributed by atoms with E-state index in [1.807, 2.05) is 23.9 Å².